The van der Waals surface area contributed by atoms with Gasteiger partial charge < -0.3 is 9.84 Å². The zero-order valence-corrected chi connectivity index (χ0v) is 10.3. The number of halogens is 5. The van der Waals surface area contributed by atoms with Crippen molar-refractivity contribution in [3.63, 3.8) is 0 Å². The summed E-state index contributed by atoms with van der Waals surface area (Å²) >= 11 is 0. The standard InChI is InChI=1S/C12H13F5O2/c1-10(18,7-11(13,14)12(15,16)17)8-3-5-9(19-2)6-4-8/h3-6,18H,7H2,1-2H3. The molecule has 0 aliphatic rings. The molecule has 1 unspecified atom stereocenters. The average molecular weight is 284 g/mol. The summed E-state index contributed by atoms with van der Waals surface area (Å²) < 4.78 is 67.1. The van der Waals surface area contributed by atoms with Gasteiger partial charge in [-0.2, -0.15) is 22.0 Å². The molecule has 1 N–H and O–H groups in total. The molecule has 1 aromatic rings. The van der Waals surface area contributed by atoms with Crippen LogP contribution in [0.2, 0.25) is 0 Å². The molecule has 2 nitrogen and oxygen atoms in total. The molecule has 1 rings (SSSR count). The van der Waals surface area contributed by atoms with Crippen molar-refractivity contribution < 1.29 is 31.8 Å². The second kappa shape index (κ2) is 4.96. The Bertz CT molecular complexity index is 423. The molecule has 0 aromatic heterocycles. The zero-order chi connectivity index (χ0) is 14.9. The van der Waals surface area contributed by atoms with Gasteiger partial charge in [0, 0.05) is 0 Å². The third-order valence-corrected chi connectivity index (χ3v) is 2.69. The molecular weight excluding hydrogens is 271 g/mol. The molecule has 0 bridgehead atoms. The van der Waals surface area contributed by atoms with Crippen molar-refractivity contribution in [3.8, 4) is 5.75 Å². The molecule has 0 saturated heterocycles. The van der Waals surface area contributed by atoms with Gasteiger partial charge >= 0.3 is 12.1 Å². The number of benzene rings is 1. The fraction of sp³-hybridized carbons (Fsp3) is 0.500. The minimum atomic E-state index is -5.69. The summed E-state index contributed by atoms with van der Waals surface area (Å²) in [6.45, 7) is 0.911. The largest absolute Gasteiger partial charge is 0.497 e. The fourth-order valence-corrected chi connectivity index (χ4v) is 1.58. The Morgan fingerprint density at radius 3 is 1.89 bits per heavy atom. The van der Waals surface area contributed by atoms with Crippen molar-refractivity contribution in [2.45, 2.75) is 31.0 Å². The Labute approximate surface area is 106 Å². The van der Waals surface area contributed by atoms with Crippen LogP contribution in [-0.2, 0) is 5.60 Å². The first-order valence-corrected chi connectivity index (χ1v) is 5.31. The number of rotatable bonds is 4. The Balaban J connectivity index is 2.97. The van der Waals surface area contributed by atoms with E-state index >= 15 is 0 Å². The highest BCUT2D eigenvalue weighted by Crippen LogP contribution is 2.43. The van der Waals surface area contributed by atoms with Gasteiger partial charge in [0.1, 0.15) is 5.75 Å². The van der Waals surface area contributed by atoms with Crippen LogP contribution >= 0.6 is 0 Å². The third kappa shape index (κ3) is 3.56. The summed E-state index contributed by atoms with van der Waals surface area (Å²) in [6, 6.07) is 5.22. The van der Waals surface area contributed by atoms with E-state index in [1.165, 1.54) is 31.4 Å². The van der Waals surface area contributed by atoms with Gasteiger partial charge in [-0.15, -0.1) is 0 Å². The van der Waals surface area contributed by atoms with E-state index < -0.39 is 24.1 Å². The normalized spacial score (nSPS) is 16.0. The molecule has 1 aromatic carbocycles. The van der Waals surface area contributed by atoms with E-state index in [1.807, 2.05) is 0 Å². The minimum absolute atomic E-state index is 0.0442. The van der Waals surface area contributed by atoms with Crippen molar-refractivity contribution in [2.75, 3.05) is 7.11 Å². The van der Waals surface area contributed by atoms with Gasteiger partial charge in [-0.3, -0.25) is 0 Å². The Hall–Kier alpha value is -1.37. The maximum Gasteiger partial charge on any atom is 0.453 e. The first-order chi connectivity index (χ1) is 8.49. The fourth-order valence-electron chi connectivity index (χ4n) is 1.58. The maximum atomic E-state index is 12.9. The van der Waals surface area contributed by atoms with Crippen LogP contribution in [0.3, 0.4) is 0 Å². The number of hydrogen-bond acceptors (Lipinski definition) is 2. The Morgan fingerprint density at radius 2 is 1.53 bits per heavy atom. The van der Waals surface area contributed by atoms with Gasteiger partial charge in [0.15, 0.2) is 0 Å². The molecule has 1 atom stereocenters. The number of hydrogen-bond donors (Lipinski definition) is 1. The predicted octanol–water partition coefficient (Wildman–Crippen LogP) is 3.49. The van der Waals surface area contributed by atoms with Gasteiger partial charge in [-0.1, -0.05) is 12.1 Å². The quantitative estimate of drug-likeness (QED) is 0.858. The number of methoxy groups -OCH3 is 1. The van der Waals surface area contributed by atoms with Crippen LogP contribution in [0.15, 0.2) is 24.3 Å². The molecule has 0 amide bonds. The van der Waals surface area contributed by atoms with E-state index in [2.05, 4.69) is 0 Å². The number of aliphatic hydroxyl groups is 1. The molecule has 108 valence electrons. The number of ether oxygens (including phenoxy) is 1. The minimum Gasteiger partial charge on any atom is -0.497 e. The van der Waals surface area contributed by atoms with E-state index in [4.69, 9.17) is 4.74 Å². The van der Waals surface area contributed by atoms with Crippen molar-refractivity contribution in [1.29, 1.82) is 0 Å². The third-order valence-electron chi connectivity index (χ3n) is 2.69. The Kier molecular flexibility index (Phi) is 4.09. The topological polar surface area (TPSA) is 29.5 Å². The number of alkyl halides is 5. The van der Waals surface area contributed by atoms with Crippen LogP contribution in [0.5, 0.6) is 5.75 Å². The molecular formula is C12H13F5O2. The highest BCUT2D eigenvalue weighted by Gasteiger charge is 2.59. The van der Waals surface area contributed by atoms with Crippen LogP contribution in [0, 0.1) is 0 Å². The first-order valence-electron chi connectivity index (χ1n) is 5.31. The molecule has 0 heterocycles. The monoisotopic (exact) mass is 284 g/mol. The van der Waals surface area contributed by atoms with Crippen LogP contribution in [0.1, 0.15) is 18.9 Å². The van der Waals surface area contributed by atoms with Crippen molar-refractivity contribution in [3.05, 3.63) is 29.8 Å². The SMILES string of the molecule is COc1ccc(C(C)(O)CC(F)(F)C(F)(F)F)cc1. The van der Waals surface area contributed by atoms with Gasteiger partial charge in [0.25, 0.3) is 0 Å². The molecule has 19 heavy (non-hydrogen) atoms. The van der Waals surface area contributed by atoms with E-state index in [1.54, 1.807) is 0 Å². The van der Waals surface area contributed by atoms with Gasteiger partial charge in [0.05, 0.1) is 19.1 Å². The summed E-state index contributed by atoms with van der Waals surface area (Å²) in [5, 5.41) is 9.83. The molecule has 0 saturated carbocycles. The smallest absolute Gasteiger partial charge is 0.453 e. The van der Waals surface area contributed by atoms with Crippen LogP contribution in [0.25, 0.3) is 0 Å². The molecule has 0 spiro atoms. The summed E-state index contributed by atoms with van der Waals surface area (Å²) in [4.78, 5) is 0. The second-order valence-corrected chi connectivity index (χ2v) is 4.38. The van der Waals surface area contributed by atoms with Crippen LogP contribution < -0.4 is 4.74 Å². The average Bonchev–Trinajstić information content (AvgIpc) is 2.26. The van der Waals surface area contributed by atoms with E-state index in [9.17, 15) is 27.1 Å². The van der Waals surface area contributed by atoms with Crippen molar-refractivity contribution in [1.82, 2.24) is 0 Å². The lowest BCUT2D eigenvalue weighted by atomic mass is 9.89. The van der Waals surface area contributed by atoms with Gasteiger partial charge in [-0.05, 0) is 24.6 Å². The highest BCUT2D eigenvalue weighted by molar-refractivity contribution is 5.30. The lowest BCUT2D eigenvalue weighted by Gasteiger charge is -2.30. The lowest BCUT2D eigenvalue weighted by Crippen LogP contribution is -2.42. The molecule has 7 heteroatoms. The van der Waals surface area contributed by atoms with Crippen molar-refractivity contribution >= 4 is 0 Å². The lowest BCUT2D eigenvalue weighted by molar-refractivity contribution is -0.296. The predicted molar refractivity (Wildman–Crippen MR) is 58.2 cm³/mol. The van der Waals surface area contributed by atoms with Crippen LogP contribution in [-0.4, -0.2) is 24.3 Å². The van der Waals surface area contributed by atoms with E-state index in [0.29, 0.717) is 5.75 Å². The summed E-state index contributed by atoms with van der Waals surface area (Å²) in [5.74, 6) is -4.56. The molecule has 0 aliphatic heterocycles. The van der Waals surface area contributed by atoms with Crippen LogP contribution in [0.4, 0.5) is 22.0 Å². The summed E-state index contributed by atoms with van der Waals surface area (Å²) in [6.07, 6.45) is -7.43. The second-order valence-electron chi connectivity index (χ2n) is 4.38. The summed E-state index contributed by atoms with van der Waals surface area (Å²) in [5.41, 5.74) is -2.34. The van der Waals surface area contributed by atoms with E-state index in [0.717, 1.165) is 6.92 Å². The summed E-state index contributed by atoms with van der Waals surface area (Å²) in [7, 11) is 1.38. The maximum absolute atomic E-state index is 12.9. The van der Waals surface area contributed by atoms with Gasteiger partial charge in [-0.25, -0.2) is 0 Å². The Morgan fingerprint density at radius 1 is 1.05 bits per heavy atom. The first kappa shape index (κ1) is 15.7. The van der Waals surface area contributed by atoms with Crippen molar-refractivity contribution in [2.24, 2.45) is 0 Å². The molecule has 0 aliphatic carbocycles. The molecule has 0 radical (unpaired) electrons. The van der Waals surface area contributed by atoms with Gasteiger partial charge in [0.2, 0.25) is 0 Å². The van der Waals surface area contributed by atoms with E-state index in [-0.39, 0.29) is 5.56 Å². The highest BCUT2D eigenvalue weighted by atomic mass is 19.4. The molecule has 0 fully saturated rings. The zero-order valence-electron chi connectivity index (χ0n) is 10.3.